The van der Waals surface area contributed by atoms with Gasteiger partial charge in [0.2, 0.25) is 5.91 Å². The molecule has 0 spiro atoms. The Balaban J connectivity index is 2.84. The van der Waals surface area contributed by atoms with Crippen LogP contribution in [0.15, 0.2) is 55.6 Å². The number of allylic oxidation sites excluding steroid dienone is 1. The second-order valence-corrected chi connectivity index (χ2v) is 5.71. The molecule has 0 saturated carbocycles. The number of benzene rings is 1. The maximum absolute atomic E-state index is 12.7. The lowest BCUT2D eigenvalue weighted by Gasteiger charge is -2.25. The van der Waals surface area contributed by atoms with E-state index in [2.05, 4.69) is 18.5 Å². The SMILES string of the molecule is C=CCOC(=O)[C@H](CC)[C@H](CC=C)C(=O)N[C@@H](C)c1ccccc1. The molecule has 0 radical (unpaired) electrons. The number of ether oxygens (including phenoxy) is 1. The molecule has 0 saturated heterocycles. The van der Waals surface area contributed by atoms with E-state index < -0.39 is 11.8 Å². The van der Waals surface area contributed by atoms with Gasteiger partial charge in [-0.3, -0.25) is 9.59 Å². The molecule has 1 aromatic carbocycles. The van der Waals surface area contributed by atoms with E-state index in [0.29, 0.717) is 12.8 Å². The predicted molar refractivity (Wildman–Crippen MR) is 96.2 cm³/mol. The molecule has 1 N–H and O–H groups in total. The number of rotatable bonds is 10. The summed E-state index contributed by atoms with van der Waals surface area (Å²) in [6.07, 6.45) is 4.14. The van der Waals surface area contributed by atoms with Gasteiger partial charge in [0.05, 0.1) is 17.9 Å². The maximum Gasteiger partial charge on any atom is 0.310 e. The Kier molecular flexibility index (Phi) is 8.55. The average Bonchev–Trinajstić information content (AvgIpc) is 2.60. The van der Waals surface area contributed by atoms with Crippen molar-refractivity contribution in [3.05, 3.63) is 61.2 Å². The van der Waals surface area contributed by atoms with Gasteiger partial charge in [-0.15, -0.1) is 6.58 Å². The van der Waals surface area contributed by atoms with Gasteiger partial charge in [0.1, 0.15) is 6.61 Å². The van der Waals surface area contributed by atoms with Crippen LogP contribution in [-0.4, -0.2) is 18.5 Å². The summed E-state index contributed by atoms with van der Waals surface area (Å²) in [5, 5.41) is 2.99. The fraction of sp³-hybridized carbons (Fsp3) is 0.400. The van der Waals surface area contributed by atoms with Gasteiger partial charge in [0.15, 0.2) is 0 Å². The van der Waals surface area contributed by atoms with Crippen LogP contribution in [0.2, 0.25) is 0 Å². The largest absolute Gasteiger partial charge is 0.461 e. The standard InChI is InChI=1S/C20H27NO3/c1-5-11-18(17(7-3)20(23)24-14-6-2)19(22)21-15(4)16-12-9-8-10-13-16/h5-6,8-10,12-13,15,17-18H,1-2,7,11,14H2,3-4H3,(H,21,22)/t15-,17+,18-/m0/s1. The number of carbonyl (C=O) groups is 2. The highest BCUT2D eigenvalue weighted by Gasteiger charge is 2.33. The van der Waals surface area contributed by atoms with Crippen LogP contribution < -0.4 is 5.32 Å². The molecule has 1 amide bonds. The molecule has 4 heteroatoms. The number of hydrogen-bond donors (Lipinski definition) is 1. The number of esters is 1. The molecule has 0 aromatic heterocycles. The van der Waals surface area contributed by atoms with Gasteiger partial charge in [0, 0.05) is 0 Å². The van der Waals surface area contributed by atoms with Gasteiger partial charge < -0.3 is 10.1 Å². The molecule has 1 aromatic rings. The van der Waals surface area contributed by atoms with Crippen molar-refractivity contribution in [2.45, 2.75) is 32.7 Å². The Morgan fingerprint density at radius 3 is 2.38 bits per heavy atom. The summed E-state index contributed by atoms with van der Waals surface area (Å²) in [4.78, 5) is 24.9. The van der Waals surface area contributed by atoms with Crippen molar-refractivity contribution < 1.29 is 14.3 Å². The predicted octanol–water partition coefficient (Wildman–Crippen LogP) is 3.81. The highest BCUT2D eigenvalue weighted by Crippen LogP contribution is 2.23. The summed E-state index contributed by atoms with van der Waals surface area (Å²) in [6, 6.07) is 9.59. The monoisotopic (exact) mass is 329 g/mol. The third kappa shape index (κ3) is 5.69. The van der Waals surface area contributed by atoms with Crippen LogP contribution in [0, 0.1) is 11.8 Å². The van der Waals surface area contributed by atoms with Crippen molar-refractivity contribution in [2.24, 2.45) is 11.8 Å². The lowest BCUT2D eigenvalue weighted by molar-refractivity contribution is -0.152. The summed E-state index contributed by atoms with van der Waals surface area (Å²) >= 11 is 0. The molecule has 130 valence electrons. The average molecular weight is 329 g/mol. The van der Waals surface area contributed by atoms with Crippen LogP contribution in [-0.2, 0) is 14.3 Å². The molecular formula is C20H27NO3. The molecule has 0 aliphatic heterocycles. The molecule has 0 fully saturated rings. The van der Waals surface area contributed by atoms with Crippen molar-refractivity contribution in [3.63, 3.8) is 0 Å². The summed E-state index contributed by atoms with van der Waals surface area (Å²) in [6.45, 7) is 11.2. The lowest BCUT2D eigenvalue weighted by Crippen LogP contribution is -2.39. The zero-order chi connectivity index (χ0) is 17.9. The van der Waals surface area contributed by atoms with Crippen molar-refractivity contribution in [2.75, 3.05) is 6.61 Å². The molecule has 0 aliphatic carbocycles. The number of nitrogens with one attached hydrogen (secondary N) is 1. The van der Waals surface area contributed by atoms with Gasteiger partial charge >= 0.3 is 5.97 Å². The number of amides is 1. The lowest BCUT2D eigenvalue weighted by atomic mass is 9.86. The molecule has 0 unspecified atom stereocenters. The van der Waals surface area contributed by atoms with Gasteiger partial charge in [-0.2, -0.15) is 0 Å². The van der Waals surface area contributed by atoms with Crippen LogP contribution in [0.25, 0.3) is 0 Å². The van der Waals surface area contributed by atoms with Crippen molar-refractivity contribution >= 4 is 11.9 Å². The van der Waals surface area contributed by atoms with E-state index in [1.165, 1.54) is 6.08 Å². The van der Waals surface area contributed by atoms with E-state index >= 15 is 0 Å². The molecule has 0 aliphatic rings. The van der Waals surface area contributed by atoms with Crippen LogP contribution >= 0.6 is 0 Å². The van der Waals surface area contributed by atoms with Crippen LogP contribution in [0.4, 0.5) is 0 Å². The van der Waals surface area contributed by atoms with Gasteiger partial charge in [-0.1, -0.05) is 56.0 Å². The van der Waals surface area contributed by atoms with E-state index in [1.807, 2.05) is 44.2 Å². The van der Waals surface area contributed by atoms with E-state index in [4.69, 9.17) is 4.74 Å². The smallest absolute Gasteiger partial charge is 0.310 e. The zero-order valence-electron chi connectivity index (χ0n) is 14.5. The van der Waals surface area contributed by atoms with Gasteiger partial charge in [-0.25, -0.2) is 0 Å². The minimum absolute atomic E-state index is 0.132. The third-order valence-corrected chi connectivity index (χ3v) is 3.99. The summed E-state index contributed by atoms with van der Waals surface area (Å²) in [7, 11) is 0. The second kappa shape index (κ2) is 10.4. The molecule has 4 nitrogen and oxygen atoms in total. The molecule has 0 heterocycles. The van der Waals surface area contributed by atoms with Crippen LogP contribution in [0.1, 0.15) is 38.3 Å². The van der Waals surface area contributed by atoms with Crippen LogP contribution in [0.5, 0.6) is 0 Å². The normalized spacial score (nSPS) is 14.1. The second-order valence-electron chi connectivity index (χ2n) is 5.71. The van der Waals surface area contributed by atoms with E-state index in [1.54, 1.807) is 6.08 Å². The molecule has 24 heavy (non-hydrogen) atoms. The zero-order valence-corrected chi connectivity index (χ0v) is 14.5. The minimum Gasteiger partial charge on any atom is -0.461 e. The molecule has 3 atom stereocenters. The van der Waals surface area contributed by atoms with E-state index in [9.17, 15) is 9.59 Å². The highest BCUT2D eigenvalue weighted by atomic mass is 16.5. The Morgan fingerprint density at radius 2 is 1.83 bits per heavy atom. The van der Waals surface area contributed by atoms with Crippen molar-refractivity contribution in [3.8, 4) is 0 Å². The fourth-order valence-electron chi connectivity index (χ4n) is 2.64. The molecule has 1 rings (SSSR count). The Morgan fingerprint density at radius 1 is 1.17 bits per heavy atom. The van der Waals surface area contributed by atoms with E-state index in [-0.39, 0.29) is 24.5 Å². The Hall–Kier alpha value is -2.36. The number of carbonyl (C=O) groups excluding carboxylic acids is 2. The topological polar surface area (TPSA) is 55.4 Å². The summed E-state index contributed by atoms with van der Waals surface area (Å²) in [5.74, 6) is -1.51. The molecule has 0 bridgehead atoms. The minimum atomic E-state index is -0.495. The number of hydrogen-bond acceptors (Lipinski definition) is 3. The van der Waals surface area contributed by atoms with Crippen molar-refractivity contribution in [1.82, 2.24) is 5.32 Å². The first kappa shape index (κ1) is 19.7. The quantitative estimate of drug-likeness (QED) is 0.524. The Bertz CT molecular complexity index is 553. The van der Waals surface area contributed by atoms with Gasteiger partial charge in [-0.05, 0) is 25.3 Å². The molecular weight excluding hydrogens is 302 g/mol. The van der Waals surface area contributed by atoms with Crippen molar-refractivity contribution in [1.29, 1.82) is 0 Å². The van der Waals surface area contributed by atoms with Gasteiger partial charge in [0.25, 0.3) is 0 Å². The Labute approximate surface area is 144 Å². The first-order chi connectivity index (χ1) is 11.5. The maximum atomic E-state index is 12.7. The summed E-state index contributed by atoms with van der Waals surface area (Å²) < 4.78 is 5.14. The first-order valence-corrected chi connectivity index (χ1v) is 8.28. The summed E-state index contributed by atoms with van der Waals surface area (Å²) in [5.41, 5.74) is 1.02. The highest BCUT2D eigenvalue weighted by molar-refractivity contribution is 5.85. The first-order valence-electron chi connectivity index (χ1n) is 8.28. The van der Waals surface area contributed by atoms with Crippen LogP contribution in [0.3, 0.4) is 0 Å². The third-order valence-electron chi connectivity index (χ3n) is 3.99. The van der Waals surface area contributed by atoms with E-state index in [0.717, 1.165) is 5.56 Å². The fourth-order valence-corrected chi connectivity index (χ4v) is 2.64.